The van der Waals surface area contributed by atoms with Crippen LogP contribution in [0.4, 0.5) is 0 Å². The second-order valence-electron chi connectivity index (χ2n) is 12.4. The van der Waals surface area contributed by atoms with Crippen LogP contribution in [0.15, 0.2) is 164 Å². The van der Waals surface area contributed by atoms with Crippen LogP contribution in [0.1, 0.15) is 0 Å². The van der Waals surface area contributed by atoms with Gasteiger partial charge in [0.05, 0.1) is 0 Å². The van der Waals surface area contributed by atoms with Gasteiger partial charge in [-0.25, -0.2) is 15.0 Å². The molecule has 10 rings (SSSR count). The van der Waals surface area contributed by atoms with E-state index in [-0.39, 0.29) is 0 Å². The third-order valence-electron chi connectivity index (χ3n) is 9.36. The number of aromatic nitrogens is 3. The lowest BCUT2D eigenvalue weighted by molar-refractivity contribution is 1.07. The van der Waals surface area contributed by atoms with Crippen molar-refractivity contribution in [2.24, 2.45) is 0 Å². The zero-order chi connectivity index (χ0) is 33.0. The van der Waals surface area contributed by atoms with Gasteiger partial charge in [-0.2, -0.15) is 0 Å². The number of nitrogens with zero attached hydrogens (tertiary/aromatic N) is 3. The van der Waals surface area contributed by atoms with Gasteiger partial charge in [-0.05, 0) is 58.7 Å². The molecule has 0 aliphatic carbocycles. The first-order valence-corrected chi connectivity index (χ1v) is 18.2. The monoisotopic (exact) mass is 673 g/mol. The van der Waals surface area contributed by atoms with Gasteiger partial charge >= 0.3 is 0 Å². The van der Waals surface area contributed by atoms with Crippen LogP contribution in [-0.4, -0.2) is 15.0 Å². The molecule has 3 aromatic heterocycles. The predicted molar refractivity (Wildman–Crippen MR) is 213 cm³/mol. The fraction of sp³-hybridized carbons (Fsp3) is 0. The van der Waals surface area contributed by atoms with Crippen LogP contribution in [-0.2, 0) is 0 Å². The molecular formula is C45H27N3S2. The predicted octanol–water partition coefficient (Wildman–Crippen LogP) is 12.9. The van der Waals surface area contributed by atoms with Gasteiger partial charge in [0.1, 0.15) is 0 Å². The Hall–Kier alpha value is -6.01. The zero-order valence-corrected chi connectivity index (χ0v) is 28.4. The highest BCUT2D eigenvalue weighted by Gasteiger charge is 2.20. The van der Waals surface area contributed by atoms with Crippen LogP contribution in [0.5, 0.6) is 0 Å². The third kappa shape index (κ3) is 4.90. The van der Waals surface area contributed by atoms with Crippen LogP contribution in [0.3, 0.4) is 0 Å². The summed E-state index contributed by atoms with van der Waals surface area (Å²) in [5, 5.41) is 5.09. The lowest BCUT2D eigenvalue weighted by Crippen LogP contribution is -2.01. The standard InChI is InChI=1S/C45H27N3S2/c1-3-12-28(13-4-1)43-46-44(29-14-5-2-6-15-29)48-45(47-43)37-27-30(31-23-25-40-36(26-31)33-16-7-9-19-38(33)49-40)22-24-32(37)34-18-11-21-41-42(34)35-17-8-10-20-39(35)50-41/h1-27H. The van der Waals surface area contributed by atoms with E-state index in [0.717, 1.165) is 33.4 Å². The molecule has 5 heteroatoms. The SMILES string of the molecule is c1ccc(-c2nc(-c3ccccc3)nc(-c3cc(-c4ccc5sc6ccccc6c5c4)ccc3-c3cccc4sc5ccccc5c34)n2)cc1. The van der Waals surface area contributed by atoms with E-state index in [1.807, 2.05) is 59.1 Å². The summed E-state index contributed by atoms with van der Waals surface area (Å²) in [6.45, 7) is 0. The highest BCUT2D eigenvalue weighted by atomic mass is 32.1. The molecule has 234 valence electrons. The average molecular weight is 674 g/mol. The second kappa shape index (κ2) is 11.8. The highest BCUT2D eigenvalue weighted by molar-refractivity contribution is 7.26. The maximum atomic E-state index is 5.22. The summed E-state index contributed by atoms with van der Waals surface area (Å²) in [4.78, 5) is 15.4. The Balaban J connectivity index is 1.26. The minimum atomic E-state index is 0.646. The van der Waals surface area contributed by atoms with E-state index in [9.17, 15) is 0 Å². The molecule has 7 aromatic carbocycles. The quantitative estimate of drug-likeness (QED) is 0.182. The molecule has 0 radical (unpaired) electrons. The van der Waals surface area contributed by atoms with Crippen molar-refractivity contribution in [3.63, 3.8) is 0 Å². The summed E-state index contributed by atoms with van der Waals surface area (Å²) in [7, 11) is 0. The van der Waals surface area contributed by atoms with Gasteiger partial charge in [0.25, 0.3) is 0 Å². The zero-order valence-electron chi connectivity index (χ0n) is 26.7. The summed E-state index contributed by atoms with van der Waals surface area (Å²) in [5.74, 6) is 1.94. The van der Waals surface area contributed by atoms with E-state index < -0.39 is 0 Å². The first kappa shape index (κ1) is 29.0. The maximum Gasteiger partial charge on any atom is 0.164 e. The topological polar surface area (TPSA) is 38.7 Å². The van der Waals surface area contributed by atoms with Crippen LogP contribution in [0, 0.1) is 0 Å². The van der Waals surface area contributed by atoms with Gasteiger partial charge in [-0.15, -0.1) is 22.7 Å². The lowest BCUT2D eigenvalue weighted by Gasteiger charge is -2.15. The van der Waals surface area contributed by atoms with Gasteiger partial charge in [0.2, 0.25) is 0 Å². The Labute approximate surface area is 296 Å². The largest absolute Gasteiger partial charge is 0.208 e. The summed E-state index contributed by atoms with van der Waals surface area (Å²) in [5.41, 5.74) is 7.41. The van der Waals surface area contributed by atoms with E-state index in [1.54, 1.807) is 0 Å². The van der Waals surface area contributed by atoms with Crippen molar-refractivity contribution >= 4 is 63.0 Å². The number of fused-ring (bicyclic) bond motifs is 6. The Morgan fingerprint density at radius 3 is 1.58 bits per heavy atom. The molecule has 0 bridgehead atoms. The molecule has 3 heterocycles. The van der Waals surface area contributed by atoms with Crippen molar-refractivity contribution in [2.75, 3.05) is 0 Å². The Bertz CT molecular complexity index is 2810. The maximum absolute atomic E-state index is 5.22. The molecule has 10 aromatic rings. The molecule has 0 saturated carbocycles. The number of hydrogen-bond donors (Lipinski definition) is 0. The van der Waals surface area contributed by atoms with Crippen molar-refractivity contribution < 1.29 is 0 Å². The molecular weight excluding hydrogens is 647 g/mol. The normalized spacial score (nSPS) is 11.6. The molecule has 0 N–H and O–H groups in total. The van der Waals surface area contributed by atoms with E-state index in [1.165, 1.54) is 45.9 Å². The second-order valence-corrected chi connectivity index (χ2v) is 14.6. The number of benzene rings is 7. The van der Waals surface area contributed by atoms with Crippen molar-refractivity contribution in [1.82, 2.24) is 15.0 Å². The molecule has 0 atom stereocenters. The Kier molecular flexibility index (Phi) is 6.86. The number of hydrogen-bond acceptors (Lipinski definition) is 5. The van der Waals surface area contributed by atoms with E-state index in [4.69, 9.17) is 15.0 Å². The van der Waals surface area contributed by atoms with Crippen molar-refractivity contribution in [3.8, 4) is 56.4 Å². The lowest BCUT2D eigenvalue weighted by atomic mass is 9.91. The molecule has 50 heavy (non-hydrogen) atoms. The van der Waals surface area contributed by atoms with Gasteiger partial charge in [-0.3, -0.25) is 0 Å². The Morgan fingerprint density at radius 2 is 0.840 bits per heavy atom. The van der Waals surface area contributed by atoms with Gasteiger partial charge in [-0.1, -0.05) is 127 Å². The van der Waals surface area contributed by atoms with E-state index in [2.05, 4.69) is 127 Å². The summed E-state index contributed by atoms with van der Waals surface area (Å²) >= 11 is 3.68. The summed E-state index contributed by atoms with van der Waals surface area (Å²) < 4.78 is 5.14. The summed E-state index contributed by atoms with van der Waals surface area (Å²) in [6, 6.07) is 58.0. The summed E-state index contributed by atoms with van der Waals surface area (Å²) in [6.07, 6.45) is 0. The highest BCUT2D eigenvalue weighted by Crippen LogP contribution is 2.44. The average Bonchev–Trinajstić information content (AvgIpc) is 3.76. The molecule has 3 nitrogen and oxygen atoms in total. The number of thiophene rings is 2. The van der Waals surface area contributed by atoms with Crippen LogP contribution >= 0.6 is 22.7 Å². The van der Waals surface area contributed by atoms with Gasteiger partial charge in [0, 0.05) is 57.0 Å². The molecule has 0 fully saturated rings. The fourth-order valence-electron chi connectivity index (χ4n) is 6.98. The minimum absolute atomic E-state index is 0.646. The molecule has 0 amide bonds. The smallest absolute Gasteiger partial charge is 0.164 e. The molecule has 0 aliphatic rings. The first-order valence-electron chi connectivity index (χ1n) is 16.6. The molecule has 0 unspecified atom stereocenters. The van der Waals surface area contributed by atoms with Crippen LogP contribution in [0.2, 0.25) is 0 Å². The van der Waals surface area contributed by atoms with Gasteiger partial charge in [0.15, 0.2) is 17.5 Å². The van der Waals surface area contributed by atoms with Gasteiger partial charge < -0.3 is 0 Å². The minimum Gasteiger partial charge on any atom is -0.208 e. The first-order chi connectivity index (χ1) is 24.8. The van der Waals surface area contributed by atoms with Crippen LogP contribution < -0.4 is 0 Å². The van der Waals surface area contributed by atoms with Crippen molar-refractivity contribution in [1.29, 1.82) is 0 Å². The molecule has 0 saturated heterocycles. The van der Waals surface area contributed by atoms with Crippen LogP contribution in [0.25, 0.3) is 96.8 Å². The van der Waals surface area contributed by atoms with E-state index in [0.29, 0.717) is 17.5 Å². The van der Waals surface area contributed by atoms with Crippen molar-refractivity contribution in [3.05, 3.63) is 164 Å². The van der Waals surface area contributed by atoms with E-state index >= 15 is 0 Å². The number of rotatable bonds is 5. The fourth-order valence-corrected chi connectivity index (χ4v) is 9.20. The third-order valence-corrected chi connectivity index (χ3v) is 11.7. The molecule has 0 spiro atoms. The molecule has 0 aliphatic heterocycles. The Morgan fingerprint density at radius 1 is 0.300 bits per heavy atom. The van der Waals surface area contributed by atoms with Crippen molar-refractivity contribution in [2.45, 2.75) is 0 Å².